The van der Waals surface area contributed by atoms with Crippen LogP contribution in [0.5, 0.6) is 0 Å². The number of rotatable bonds is 4. The summed E-state index contributed by atoms with van der Waals surface area (Å²) in [4.78, 5) is 0. The van der Waals surface area contributed by atoms with Crippen molar-refractivity contribution in [3.8, 4) is 0 Å². The fourth-order valence-electron chi connectivity index (χ4n) is 1.71. The Bertz CT molecular complexity index is 304. The van der Waals surface area contributed by atoms with Crippen LogP contribution in [0.15, 0.2) is 0 Å². The maximum Gasteiger partial charge on any atom is 0.0638 e. The van der Waals surface area contributed by atoms with Gasteiger partial charge in [-0.15, -0.1) is 0 Å². The van der Waals surface area contributed by atoms with Gasteiger partial charge in [0.1, 0.15) is 0 Å². The van der Waals surface area contributed by atoms with Crippen molar-refractivity contribution in [2.24, 2.45) is 5.41 Å². The first-order valence-corrected chi connectivity index (χ1v) is 5.32. The highest BCUT2D eigenvalue weighted by Crippen LogP contribution is 2.44. The van der Waals surface area contributed by atoms with Crippen molar-refractivity contribution in [1.82, 2.24) is 15.5 Å². The molecule has 2 rings (SSSR count). The molecular weight excluding hydrogens is 174 g/mol. The number of aryl methyl sites for hydroxylation is 2. The molecule has 1 heterocycles. The second-order valence-electron chi connectivity index (χ2n) is 4.83. The molecule has 0 unspecified atom stereocenters. The van der Waals surface area contributed by atoms with E-state index in [1.54, 1.807) is 0 Å². The molecule has 1 aliphatic carbocycles. The number of H-pyrrole nitrogens is 1. The molecular formula is C11H19N3. The van der Waals surface area contributed by atoms with Gasteiger partial charge in [-0.05, 0) is 32.1 Å². The normalized spacial score (nSPS) is 18.5. The van der Waals surface area contributed by atoms with Gasteiger partial charge in [-0.3, -0.25) is 5.10 Å². The molecule has 0 atom stereocenters. The fourth-order valence-corrected chi connectivity index (χ4v) is 1.71. The minimum absolute atomic E-state index is 0.589. The fraction of sp³-hybridized carbons (Fsp3) is 0.727. The van der Waals surface area contributed by atoms with E-state index >= 15 is 0 Å². The lowest BCUT2D eigenvalue weighted by Crippen LogP contribution is -2.22. The van der Waals surface area contributed by atoms with E-state index in [2.05, 4.69) is 36.3 Å². The van der Waals surface area contributed by atoms with Crippen molar-refractivity contribution < 1.29 is 0 Å². The average molecular weight is 193 g/mol. The summed E-state index contributed by atoms with van der Waals surface area (Å²) in [5.41, 5.74) is 4.23. The van der Waals surface area contributed by atoms with Crippen LogP contribution in [0.1, 0.15) is 36.7 Å². The zero-order chi connectivity index (χ0) is 10.2. The second-order valence-corrected chi connectivity index (χ2v) is 4.83. The molecule has 0 saturated heterocycles. The molecule has 3 heteroatoms. The Balaban J connectivity index is 1.85. The molecule has 0 aliphatic heterocycles. The highest BCUT2D eigenvalue weighted by atomic mass is 15.1. The molecule has 0 spiro atoms. The van der Waals surface area contributed by atoms with Crippen LogP contribution in [0.2, 0.25) is 0 Å². The minimum Gasteiger partial charge on any atom is -0.312 e. The van der Waals surface area contributed by atoms with Crippen molar-refractivity contribution in [3.05, 3.63) is 17.0 Å². The zero-order valence-electron chi connectivity index (χ0n) is 9.28. The summed E-state index contributed by atoms with van der Waals surface area (Å²) in [6.07, 6.45) is 2.76. The topological polar surface area (TPSA) is 40.7 Å². The smallest absolute Gasteiger partial charge is 0.0638 e. The van der Waals surface area contributed by atoms with Crippen molar-refractivity contribution in [1.29, 1.82) is 0 Å². The summed E-state index contributed by atoms with van der Waals surface area (Å²) in [5.74, 6) is 0. The van der Waals surface area contributed by atoms with Crippen molar-refractivity contribution in [2.75, 3.05) is 6.54 Å². The predicted molar refractivity (Wildman–Crippen MR) is 57.1 cm³/mol. The number of hydrogen-bond donors (Lipinski definition) is 2. The van der Waals surface area contributed by atoms with Crippen LogP contribution in [-0.4, -0.2) is 16.7 Å². The largest absolute Gasteiger partial charge is 0.312 e. The Morgan fingerprint density at radius 3 is 2.64 bits per heavy atom. The van der Waals surface area contributed by atoms with Gasteiger partial charge >= 0.3 is 0 Å². The van der Waals surface area contributed by atoms with E-state index in [9.17, 15) is 0 Å². The SMILES string of the molecule is Cc1n[nH]c(C)c1CNCC1(C)CC1. The molecule has 2 N–H and O–H groups in total. The van der Waals surface area contributed by atoms with Crippen LogP contribution in [0.3, 0.4) is 0 Å². The summed E-state index contributed by atoms with van der Waals surface area (Å²) in [7, 11) is 0. The summed E-state index contributed by atoms with van der Waals surface area (Å²) < 4.78 is 0. The Labute approximate surface area is 85.3 Å². The van der Waals surface area contributed by atoms with Gasteiger partial charge in [-0.2, -0.15) is 5.10 Å². The van der Waals surface area contributed by atoms with E-state index in [1.165, 1.54) is 24.1 Å². The minimum atomic E-state index is 0.589. The van der Waals surface area contributed by atoms with Crippen LogP contribution >= 0.6 is 0 Å². The van der Waals surface area contributed by atoms with E-state index in [4.69, 9.17) is 0 Å². The standard InChI is InChI=1S/C11H19N3/c1-8-10(9(2)14-13-8)6-12-7-11(3)4-5-11/h12H,4-7H2,1-3H3,(H,13,14). The first-order valence-electron chi connectivity index (χ1n) is 5.32. The second kappa shape index (κ2) is 3.39. The monoisotopic (exact) mass is 193 g/mol. The van der Waals surface area contributed by atoms with E-state index in [0.717, 1.165) is 18.8 Å². The highest BCUT2D eigenvalue weighted by molar-refractivity contribution is 5.22. The van der Waals surface area contributed by atoms with Gasteiger partial charge in [0.2, 0.25) is 0 Å². The van der Waals surface area contributed by atoms with Crippen LogP contribution in [0.4, 0.5) is 0 Å². The summed E-state index contributed by atoms with van der Waals surface area (Å²) in [6.45, 7) is 8.56. The van der Waals surface area contributed by atoms with Gasteiger partial charge in [0.25, 0.3) is 0 Å². The Morgan fingerprint density at radius 2 is 2.14 bits per heavy atom. The molecule has 0 radical (unpaired) electrons. The molecule has 0 amide bonds. The van der Waals surface area contributed by atoms with Crippen molar-refractivity contribution in [2.45, 2.75) is 40.2 Å². The molecule has 14 heavy (non-hydrogen) atoms. The van der Waals surface area contributed by atoms with Gasteiger partial charge in [0, 0.05) is 24.3 Å². The molecule has 0 bridgehead atoms. The van der Waals surface area contributed by atoms with Gasteiger partial charge < -0.3 is 5.32 Å². The molecule has 78 valence electrons. The zero-order valence-corrected chi connectivity index (χ0v) is 9.28. The van der Waals surface area contributed by atoms with Crippen molar-refractivity contribution in [3.63, 3.8) is 0 Å². The molecule has 1 fully saturated rings. The lowest BCUT2D eigenvalue weighted by Gasteiger charge is -2.09. The Hall–Kier alpha value is -0.830. The molecule has 1 saturated carbocycles. The van der Waals surface area contributed by atoms with Crippen LogP contribution < -0.4 is 5.32 Å². The lowest BCUT2D eigenvalue weighted by atomic mass is 10.1. The Kier molecular flexibility index (Phi) is 2.35. The van der Waals surface area contributed by atoms with Crippen LogP contribution in [0.25, 0.3) is 0 Å². The number of aromatic amines is 1. The third-order valence-electron chi connectivity index (χ3n) is 3.24. The average Bonchev–Trinajstić information content (AvgIpc) is 2.79. The Morgan fingerprint density at radius 1 is 1.43 bits per heavy atom. The molecule has 3 nitrogen and oxygen atoms in total. The first-order chi connectivity index (χ1) is 6.61. The number of hydrogen-bond acceptors (Lipinski definition) is 2. The maximum absolute atomic E-state index is 4.18. The summed E-state index contributed by atoms with van der Waals surface area (Å²) in [5, 5.41) is 10.7. The number of aromatic nitrogens is 2. The molecule has 0 aromatic carbocycles. The van der Waals surface area contributed by atoms with Gasteiger partial charge in [-0.25, -0.2) is 0 Å². The molecule has 1 aromatic rings. The van der Waals surface area contributed by atoms with E-state index in [0.29, 0.717) is 5.41 Å². The van der Waals surface area contributed by atoms with Gasteiger partial charge in [0.15, 0.2) is 0 Å². The van der Waals surface area contributed by atoms with Gasteiger partial charge in [0.05, 0.1) is 5.69 Å². The lowest BCUT2D eigenvalue weighted by molar-refractivity contribution is 0.498. The summed E-state index contributed by atoms with van der Waals surface area (Å²) >= 11 is 0. The maximum atomic E-state index is 4.18. The van der Waals surface area contributed by atoms with E-state index < -0.39 is 0 Å². The van der Waals surface area contributed by atoms with Crippen LogP contribution in [-0.2, 0) is 6.54 Å². The third-order valence-corrected chi connectivity index (χ3v) is 3.24. The quantitative estimate of drug-likeness (QED) is 0.767. The highest BCUT2D eigenvalue weighted by Gasteiger charge is 2.36. The third kappa shape index (κ3) is 1.98. The summed E-state index contributed by atoms with van der Waals surface area (Å²) in [6, 6.07) is 0. The number of nitrogens with zero attached hydrogens (tertiary/aromatic N) is 1. The van der Waals surface area contributed by atoms with Gasteiger partial charge in [-0.1, -0.05) is 6.92 Å². The molecule has 1 aromatic heterocycles. The van der Waals surface area contributed by atoms with E-state index in [1.807, 2.05) is 0 Å². The van der Waals surface area contributed by atoms with Crippen LogP contribution in [0, 0.1) is 19.3 Å². The van der Waals surface area contributed by atoms with E-state index in [-0.39, 0.29) is 0 Å². The number of nitrogens with one attached hydrogen (secondary N) is 2. The predicted octanol–water partition coefficient (Wildman–Crippen LogP) is 1.92. The first kappa shape index (κ1) is 9.71. The van der Waals surface area contributed by atoms with Crippen molar-refractivity contribution >= 4 is 0 Å². The molecule has 1 aliphatic rings.